The first-order valence-electron chi connectivity index (χ1n) is 9.83. The number of hydrogen-bond acceptors (Lipinski definition) is 8. The molecule has 2 aromatic heterocycles. The second kappa shape index (κ2) is 8.57. The molecule has 1 fully saturated rings. The number of fused-ring (bicyclic) bond motifs is 1. The van der Waals surface area contributed by atoms with E-state index in [1.807, 2.05) is 0 Å². The van der Waals surface area contributed by atoms with E-state index in [-0.39, 0.29) is 23.6 Å². The molecule has 1 amide bonds. The molecular formula is C19H20F3N7O3. The molecule has 1 aliphatic carbocycles. The summed E-state index contributed by atoms with van der Waals surface area (Å²) in [5.41, 5.74) is 6.80. The maximum Gasteiger partial charge on any atom is 0.417 e. The molecule has 0 saturated heterocycles. The third-order valence-electron chi connectivity index (χ3n) is 5.23. The minimum Gasteiger partial charge on any atom is -0.491 e. The predicted octanol–water partition coefficient (Wildman–Crippen LogP) is 1.58. The highest BCUT2D eigenvalue weighted by atomic mass is 19.4. The average Bonchev–Trinajstić information content (AvgIpc) is 3.39. The number of halogens is 3. The van der Waals surface area contributed by atoms with Gasteiger partial charge in [0.2, 0.25) is 11.9 Å². The van der Waals surface area contributed by atoms with Crippen molar-refractivity contribution in [3.05, 3.63) is 30.5 Å². The Balaban J connectivity index is 1.47. The van der Waals surface area contributed by atoms with Crippen molar-refractivity contribution in [3.8, 4) is 11.4 Å². The number of nitrogens with two attached hydrogens (primary N) is 1. The molecule has 4 rings (SSSR count). The van der Waals surface area contributed by atoms with Crippen LogP contribution in [0.15, 0.2) is 30.5 Å². The van der Waals surface area contributed by atoms with Crippen molar-refractivity contribution >= 4 is 23.0 Å². The summed E-state index contributed by atoms with van der Waals surface area (Å²) in [6.45, 7) is -0.908. The average molecular weight is 451 g/mol. The number of anilines is 1. The Morgan fingerprint density at radius 3 is 2.72 bits per heavy atom. The monoisotopic (exact) mass is 451 g/mol. The van der Waals surface area contributed by atoms with Gasteiger partial charge in [0.15, 0.2) is 17.3 Å². The largest absolute Gasteiger partial charge is 0.491 e. The first kappa shape index (κ1) is 21.7. The van der Waals surface area contributed by atoms with Crippen LogP contribution < -0.4 is 15.8 Å². The zero-order chi connectivity index (χ0) is 22.9. The second-order valence-corrected chi connectivity index (χ2v) is 7.52. The van der Waals surface area contributed by atoms with E-state index in [9.17, 15) is 18.0 Å². The molecule has 10 nitrogen and oxygen atoms in total. The lowest BCUT2D eigenvalue weighted by molar-refractivity contribution is -0.210. The number of amides is 1. The highest BCUT2D eigenvalue weighted by Crippen LogP contribution is 2.27. The van der Waals surface area contributed by atoms with Crippen LogP contribution in [-0.4, -0.2) is 60.9 Å². The first-order valence-corrected chi connectivity index (χ1v) is 9.83. The molecule has 1 aliphatic rings. The molecule has 0 radical (unpaired) electrons. The van der Waals surface area contributed by atoms with Gasteiger partial charge in [-0.3, -0.25) is 4.79 Å². The van der Waals surface area contributed by atoms with Gasteiger partial charge < -0.3 is 20.9 Å². The molecule has 4 N–H and O–H groups in total. The fourth-order valence-corrected chi connectivity index (χ4v) is 3.48. The Kier molecular flexibility index (Phi) is 5.82. The third-order valence-corrected chi connectivity index (χ3v) is 5.23. The van der Waals surface area contributed by atoms with E-state index in [4.69, 9.17) is 15.6 Å². The number of rotatable bonds is 7. The number of aliphatic hydroxyl groups excluding tert-OH is 1. The smallest absolute Gasteiger partial charge is 0.417 e. The van der Waals surface area contributed by atoms with E-state index >= 15 is 0 Å². The minimum atomic E-state index is -4.75. The molecule has 1 aromatic carbocycles. The highest BCUT2D eigenvalue weighted by molar-refractivity contribution is 5.77. The number of carbonyl (C=O) groups excluding carboxylic acids is 1. The Morgan fingerprint density at radius 1 is 1.31 bits per heavy atom. The number of alkyl halides is 3. The van der Waals surface area contributed by atoms with Crippen molar-refractivity contribution in [1.82, 2.24) is 25.0 Å². The van der Waals surface area contributed by atoms with Crippen LogP contribution in [0, 0.1) is 5.92 Å². The summed E-state index contributed by atoms with van der Waals surface area (Å²) in [7, 11) is 0. The summed E-state index contributed by atoms with van der Waals surface area (Å²) in [6.07, 6.45) is -3.70. The molecule has 3 aromatic rings. The Hall–Kier alpha value is -3.48. The number of ether oxygens (including phenoxy) is 1. The van der Waals surface area contributed by atoms with Gasteiger partial charge in [-0.1, -0.05) is 5.21 Å². The summed E-state index contributed by atoms with van der Waals surface area (Å²) in [6, 6.07) is 6.08. The van der Waals surface area contributed by atoms with Gasteiger partial charge in [-0.15, -0.1) is 5.10 Å². The van der Waals surface area contributed by atoms with Crippen molar-refractivity contribution in [2.45, 2.75) is 37.6 Å². The molecule has 0 aliphatic heterocycles. The zero-order valence-electron chi connectivity index (χ0n) is 16.7. The highest BCUT2D eigenvalue weighted by Gasteiger charge is 2.38. The fraction of sp³-hybridized carbons (Fsp3) is 0.421. The quantitative estimate of drug-likeness (QED) is 0.492. The molecule has 0 bridgehead atoms. The van der Waals surface area contributed by atoms with Crippen LogP contribution in [0.25, 0.3) is 16.9 Å². The summed E-state index contributed by atoms with van der Waals surface area (Å²) < 4.78 is 43.6. The number of nitrogens with zero attached hydrogens (tertiary/aromatic N) is 5. The Morgan fingerprint density at radius 2 is 2.06 bits per heavy atom. The van der Waals surface area contributed by atoms with Gasteiger partial charge in [0, 0.05) is 12.0 Å². The lowest BCUT2D eigenvalue weighted by Gasteiger charge is -2.15. The Bertz CT molecular complexity index is 1100. The standard InChI is InChI=1S/C19H20F3N7O3/c20-19(21,22)15(30)9-32-13-5-3-12(4-6-13)29-17-14(27-28-29)8-24-18(26-17)25-11-2-1-10(7-11)16(23)31/h3-6,8,10-11,15,30H,1-2,7,9H2,(H2,23,31)(H,24,25,26). The zero-order valence-corrected chi connectivity index (χ0v) is 16.7. The molecule has 2 heterocycles. The SMILES string of the molecule is NC(=O)C1CCC(Nc2ncc3nnn(-c4ccc(OCC(O)C(F)(F)F)cc4)c3n2)C1. The number of aromatic nitrogens is 5. The number of primary amides is 1. The topological polar surface area (TPSA) is 141 Å². The molecule has 3 atom stereocenters. The van der Waals surface area contributed by atoms with Crippen molar-refractivity contribution in [3.63, 3.8) is 0 Å². The maximum absolute atomic E-state index is 12.4. The van der Waals surface area contributed by atoms with E-state index in [1.54, 1.807) is 12.1 Å². The first-order chi connectivity index (χ1) is 15.2. The Labute approximate surface area is 179 Å². The van der Waals surface area contributed by atoms with Crippen molar-refractivity contribution < 1.29 is 27.8 Å². The van der Waals surface area contributed by atoms with E-state index in [0.29, 0.717) is 35.6 Å². The molecule has 3 unspecified atom stereocenters. The van der Waals surface area contributed by atoms with Gasteiger partial charge in [-0.25, -0.2) is 4.98 Å². The van der Waals surface area contributed by atoms with Gasteiger partial charge in [0.1, 0.15) is 12.4 Å². The van der Waals surface area contributed by atoms with Crippen LogP contribution >= 0.6 is 0 Å². The van der Waals surface area contributed by atoms with Gasteiger partial charge in [-0.05, 0) is 43.5 Å². The summed E-state index contributed by atoms with van der Waals surface area (Å²) >= 11 is 0. The van der Waals surface area contributed by atoms with E-state index in [1.165, 1.54) is 23.0 Å². The molecule has 13 heteroatoms. The van der Waals surface area contributed by atoms with Gasteiger partial charge in [-0.2, -0.15) is 22.8 Å². The molecule has 32 heavy (non-hydrogen) atoms. The van der Waals surface area contributed by atoms with Gasteiger partial charge in [0.25, 0.3) is 0 Å². The molecule has 1 saturated carbocycles. The lowest BCUT2D eigenvalue weighted by Crippen LogP contribution is -2.34. The van der Waals surface area contributed by atoms with E-state index < -0.39 is 18.9 Å². The van der Waals surface area contributed by atoms with Crippen LogP contribution in [0.4, 0.5) is 19.1 Å². The third kappa shape index (κ3) is 4.72. The minimum absolute atomic E-state index is 0.0257. The van der Waals surface area contributed by atoms with Crippen LogP contribution in [0.2, 0.25) is 0 Å². The van der Waals surface area contributed by atoms with Crippen LogP contribution in [0.5, 0.6) is 5.75 Å². The van der Waals surface area contributed by atoms with Crippen molar-refractivity contribution in [1.29, 1.82) is 0 Å². The van der Waals surface area contributed by atoms with Crippen LogP contribution in [0.1, 0.15) is 19.3 Å². The van der Waals surface area contributed by atoms with Crippen LogP contribution in [0.3, 0.4) is 0 Å². The van der Waals surface area contributed by atoms with E-state index in [2.05, 4.69) is 25.6 Å². The van der Waals surface area contributed by atoms with Crippen molar-refractivity contribution in [2.75, 3.05) is 11.9 Å². The number of aliphatic hydroxyl groups is 1. The predicted molar refractivity (Wildman–Crippen MR) is 106 cm³/mol. The number of carbonyl (C=O) groups is 1. The molecular weight excluding hydrogens is 431 g/mol. The summed E-state index contributed by atoms with van der Waals surface area (Å²) in [5.74, 6) is 0.0376. The summed E-state index contributed by atoms with van der Waals surface area (Å²) in [5, 5.41) is 20.3. The lowest BCUT2D eigenvalue weighted by atomic mass is 10.1. The maximum atomic E-state index is 12.4. The summed E-state index contributed by atoms with van der Waals surface area (Å²) in [4.78, 5) is 20.1. The van der Waals surface area contributed by atoms with Gasteiger partial charge in [0.05, 0.1) is 11.9 Å². The second-order valence-electron chi connectivity index (χ2n) is 7.52. The van der Waals surface area contributed by atoms with Gasteiger partial charge >= 0.3 is 6.18 Å². The number of benzene rings is 1. The van der Waals surface area contributed by atoms with Crippen LogP contribution in [-0.2, 0) is 4.79 Å². The number of hydrogen-bond donors (Lipinski definition) is 3. The molecule has 170 valence electrons. The van der Waals surface area contributed by atoms with E-state index in [0.717, 1.165) is 6.42 Å². The normalized spacial score (nSPS) is 19.8. The fourth-order valence-electron chi connectivity index (χ4n) is 3.48. The molecule has 0 spiro atoms. The number of nitrogens with one attached hydrogen (secondary N) is 1. The van der Waals surface area contributed by atoms with Crippen molar-refractivity contribution in [2.24, 2.45) is 11.7 Å².